The first-order chi connectivity index (χ1) is 40.5. The average Bonchev–Trinajstić information content (AvgIpc) is 3.47. The van der Waals surface area contributed by atoms with Gasteiger partial charge >= 0.3 is 17.9 Å². The van der Waals surface area contributed by atoms with E-state index in [1.54, 1.807) is 0 Å². The minimum absolute atomic E-state index is 0.0796. The number of carbonyl (C=O) groups excluding carboxylic acids is 3. The Hall–Kier alpha value is -3.67. The number of carbonyl (C=O) groups is 3. The maximum absolute atomic E-state index is 12.9. The number of unbranched alkanes of at least 4 members (excludes halogenated alkanes) is 37. The molecule has 1 atom stereocenters. The first kappa shape index (κ1) is 78.3. The highest BCUT2D eigenvalue weighted by Gasteiger charge is 2.19. The maximum Gasteiger partial charge on any atom is 0.306 e. The van der Waals surface area contributed by atoms with Gasteiger partial charge in [0.1, 0.15) is 13.2 Å². The predicted octanol–water partition coefficient (Wildman–Crippen LogP) is 24.4. The van der Waals surface area contributed by atoms with Gasteiger partial charge in [0.25, 0.3) is 0 Å². The number of rotatable bonds is 64. The Morgan fingerprint density at radius 2 is 0.476 bits per heavy atom. The van der Waals surface area contributed by atoms with Crippen molar-refractivity contribution in [3.8, 4) is 0 Å². The summed E-state index contributed by atoms with van der Waals surface area (Å²) in [4.78, 5) is 38.4. The van der Waals surface area contributed by atoms with Gasteiger partial charge in [-0.05, 0) is 103 Å². The van der Waals surface area contributed by atoms with E-state index < -0.39 is 6.10 Å². The third-order valence-corrected chi connectivity index (χ3v) is 15.3. The number of ether oxygens (including phenoxy) is 3. The van der Waals surface area contributed by atoms with E-state index >= 15 is 0 Å². The van der Waals surface area contributed by atoms with Gasteiger partial charge in [-0.3, -0.25) is 14.4 Å². The molecular formula is C76H132O6. The fraction of sp³-hybridized carbons (Fsp3) is 0.750. The number of esters is 3. The van der Waals surface area contributed by atoms with E-state index in [-0.39, 0.29) is 31.1 Å². The Balaban J connectivity index is 4.29. The highest BCUT2D eigenvalue weighted by atomic mass is 16.6. The fourth-order valence-corrected chi connectivity index (χ4v) is 10.1. The van der Waals surface area contributed by atoms with Crippen LogP contribution in [0.3, 0.4) is 0 Å². The van der Waals surface area contributed by atoms with Crippen LogP contribution in [0.15, 0.2) is 97.2 Å². The molecule has 0 bridgehead atoms. The summed E-state index contributed by atoms with van der Waals surface area (Å²) >= 11 is 0. The van der Waals surface area contributed by atoms with Gasteiger partial charge in [0.2, 0.25) is 0 Å². The van der Waals surface area contributed by atoms with Crippen LogP contribution in [0.25, 0.3) is 0 Å². The molecule has 0 aliphatic rings. The molecule has 0 aromatic carbocycles. The lowest BCUT2D eigenvalue weighted by Crippen LogP contribution is -2.30. The van der Waals surface area contributed by atoms with E-state index in [1.807, 2.05) is 0 Å². The minimum Gasteiger partial charge on any atom is -0.462 e. The van der Waals surface area contributed by atoms with E-state index in [0.717, 1.165) is 116 Å². The normalized spacial score (nSPS) is 12.7. The van der Waals surface area contributed by atoms with Gasteiger partial charge in [-0.2, -0.15) is 0 Å². The van der Waals surface area contributed by atoms with Crippen LogP contribution in [0, 0.1) is 0 Å². The topological polar surface area (TPSA) is 78.9 Å². The highest BCUT2D eigenvalue weighted by molar-refractivity contribution is 5.71. The zero-order valence-corrected chi connectivity index (χ0v) is 54.2. The smallest absolute Gasteiger partial charge is 0.306 e. The lowest BCUT2D eigenvalue weighted by Gasteiger charge is -2.18. The molecule has 0 aliphatic heterocycles. The van der Waals surface area contributed by atoms with Gasteiger partial charge < -0.3 is 14.2 Å². The minimum atomic E-state index is -0.783. The maximum atomic E-state index is 12.9. The van der Waals surface area contributed by atoms with Crippen molar-refractivity contribution in [2.45, 2.75) is 354 Å². The van der Waals surface area contributed by atoms with Crippen molar-refractivity contribution in [1.82, 2.24) is 0 Å². The molecule has 0 fully saturated rings. The molecule has 0 radical (unpaired) electrons. The third kappa shape index (κ3) is 67.1. The Morgan fingerprint density at radius 1 is 0.256 bits per heavy atom. The lowest BCUT2D eigenvalue weighted by atomic mass is 10.0. The van der Waals surface area contributed by atoms with Crippen molar-refractivity contribution < 1.29 is 28.6 Å². The van der Waals surface area contributed by atoms with E-state index in [0.29, 0.717) is 19.3 Å². The molecule has 0 aliphatic carbocycles. The molecule has 0 saturated carbocycles. The van der Waals surface area contributed by atoms with E-state index in [4.69, 9.17) is 14.2 Å². The first-order valence-electron chi connectivity index (χ1n) is 35.2. The Bertz CT molecular complexity index is 1590. The summed E-state index contributed by atoms with van der Waals surface area (Å²) in [6.07, 6.45) is 94.3. The Labute approximate surface area is 508 Å². The summed E-state index contributed by atoms with van der Waals surface area (Å²) in [7, 11) is 0. The summed E-state index contributed by atoms with van der Waals surface area (Å²) in [5, 5.41) is 0. The van der Waals surface area contributed by atoms with Crippen LogP contribution in [0.5, 0.6) is 0 Å². The summed E-state index contributed by atoms with van der Waals surface area (Å²) < 4.78 is 17.0. The van der Waals surface area contributed by atoms with Gasteiger partial charge in [-0.15, -0.1) is 0 Å². The van der Waals surface area contributed by atoms with Crippen molar-refractivity contribution in [3.63, 3.8) is 0 Å². The highest BCUT2D eigenvalue weighted by Crippen LogP contribution is 2.17. The van der Waals surface area contributed by atoms with Crippen molar-refractivity contribution in [2.75, 3.05) is 13.2 Å². The molecule has 0 spiro atoms. The molecule has 6 heteroatoms. The second kappa shape index (κ2) is 69.8. The molecule has 0 aromatic rings. The molecule has 6 nitrogen and oxygen atoms in total. The van der Waals surface area contributed by atoms with Crippen LogP contribution in [-0.4, -0.2) is 37.2 Å². The molecule has 0 N–H and O–H groups in total. The van der Waals surface area contributed by atoms with E-state index in [1.165, 1.54) is 193 Å². The van der Waals surface area contributed by atoms with Crippen LogP contribution in [0.2, 0.25) is 0 Å². The number of allylic oxidation sites excluding steroid dienone is 16. The third-order valence-electron chi connectivity index (χ3n) is 15.3. The largest absolute Gasteiger partial charge is 0.462 e. The predicted molar refractivity (Wildman–Crippen MR) is 357 cm³/mol. The van der Waals surface area contributed by atoms with Gasteiger partial charge in [0.15, 0.2) is 6.10 Å². The molecule has 0 heterocycles. The second-order valence-electron chi connectivity index (χ2n) is 23.4. The van der Waals surface area contributed by atoms with Gasteiger partial charge in [-0.25, -0.2) is 0 Å². The van der Waals surface area contributed by atoms with E-state index in [9.17, 15) is 14.4 Å². The summed E-state index contributed by atoms with van der Waals surface area (Å²) in [5.41, 5.74) is 0. The monoisotopic (exact) mass is 1140 g/mol. The molecule has 0 saturated heterocycles. The van der Waals surface area contributed by atoms with E-state index in [2.05, 4.69) is 118 Å². The summed E-state index contributed by atoms with van der Waals surface area (Å²) in [6, 6.07) is 0. The quantitative estimate of drug-likeness (QED) is 0.0261. The second-order valence-corrected chi connectivity index (χ2v) is 23.4. The first-order valence-corrected chi connectivity index (χ1v) is 35.2. The number of hydrogen-bond acceptors (Lipinski definition) is 6. The summed E-state index contributed by atoms with van der Waals surface area (Å²) in [5.74, 6) is -0.875. The molecule has 472 valence electrons. The van der Waals surface area contributed by atoms with Crippen LogP contribution in [0.4, 0.5) is 0 Å². The average molecular weight is 1140 g/mol. The van der Waals surface area contributed by atoms with Crippen molar-refractivity contribution in [3.05, 3.63) is 97.2 Å². The van der Waals surface area contributed by atoms with Gasteiger partial charge in [0.05, 0.1) is 0 Å². The van der Waals surface area contributed by atoms with Gasteiger partial charge in [-0.1, -0.05) is 323 Å². The molecule has 0 aromatic heterocycles. The molecule has 0 rings (SSSR count). The van der Waals surface area contributed by atoms with Crippen molar-refractivity contribution >= 4 is 17.9 Å². The van der Waals surface area contributed by atoms with Crippen molar-refractivity contribution in [2.24, 2.45) is 0 Å². The molecule has 1 unspecified atom stereocenters. The van der Waals surface area contributed by atoms with Gasteiger partial charge in [0, 0.05) is 19.3 Å². The van der Waals surface area contributed by atoms with Crippen LogP contribution < -0.4 is 0 Å². The van der Waals surface area contributed by atoms with Crippen molar-refractivity contribution in [1.29, 1.82) is 0 Å². The zero-order chi connectivity index (χ0) is 59.2. The SMILES string of the molecule is CC/C=C\C/C=C\C/C=C\C/C=C\C/C=C\C/C=C\C/C=C\CCCCCCCCCCCC(=O)OCC(COC(=O)CCCCCCC/C=C\CCCCCCC)OC(=O)CCCCCCCCCCCCCCCCCCCCC. The van der Waals surface area contributed by atoms with Crippen LogP contribution in [0.1, 0.15) is 348 Å². The zero-order valence-electron chi connectivity index (χ0n) is 54.2. The molecule has 82 heavy (non-hydrogen) atoms. The number of hydrogen-bond donors (Lipinski definition) is 0. The Morgan fingerprint density at radius 3 is 0.756 bits per heavy atom. The molecule has 0 amide bonds. The lowest BCUT2D eigenvalue weighted by molar-refractivity contribution is -0.167. The Kier molecular flexibility index (Phi) is 66.7. The van der Waals surface area contributed by atoms with Crippen LogP contribution in [-0.2, 0) is 28.6 Å². The standard InChI is InChI=1S/C76H132O6/c1-4-7-10-13-16-19-22-25-28-30-32-33-34-35-36-37-38-39-40-41-42-43-45-46-48-51-54-57-60-63-66-69-75(78)81-72-73(71-80-74(77)68-65-62-59-56-53-50-27-24-21-18-15-12-9-6-3)82-76(79)70-67-64-61-58-55-52-49-47-44-31-29-26-23-20-17-14-11-8-5-2/h7,10,16,19,24-25,27-28,32-33,35-36,38-39,41-42,73H,4-6,8-9,11-15,17-18,20-23,26,29-31,34,37,40,43-72H2,1-3H3/b10-7-,19-16-,27-24-,28-25-,33-32-,36-35-,39-38-,42-41-. The molecular weight excluding hydrogens is 1010 g/mol. The van der Waals surface area contributed by atoms with Crippen LogP contribution >= 0.6 is 0 Å². The fourth-order valence-electron chi connectivity index (χ4n) is 10.1. The summed E-state index contributed by atoms with van der Waals surface area (Å²) in [6.45, 7) is 6.55.